The normalized spacial score (nSPS) is 17.0. The molecular weight excluding hydrogens is 361 g/mol. The topological polar surface area (TPSA) is 47.8 Å². The number of nitrogens with one attached hydrogen (secondary N) is 2. The van der Waals surface area contributed by atoms with Crippen molar-refractivity contribution < 1.29 is 4.39 Å². The maximum atomic E-state index is 13.5. The summed E-state index contributed by atoms with van der Waals surface area (Å²) in [4.78, 5) is 0. The number of benzene rings is 3. The van der Waals surface area contributed by atoms with E-state index in [1.165, 1.54) is 10.9 Å². The van der Waals surface area contributed by atoms with E-state index in [1.807, 2.05) is 36.4 Å². The number of nitrogens with zero attached hydrogens (tertiary/aromatic N) is 1. The van der Waals surface area contributed by atoms with Crippen molar-refractivity contribution in [2.75, 3.05) is 19.6 Å². The molecule has 4 heteroatoms. The van der Waals surface area contributed by atoms with Gasteiger partial charge in [-0.2, -0.15) is 5.26 Å². The predicted molar refractivity (Wildman–Crippen MR) is 115 cm³/mol. The lowest BCUT2D eigenvalue weighted by Crippen LogP contribution is -2.46. The van der Waals surface area contributed by atoms with Crippen LogP contribution in [-0.4, -0.2) is 19.6 Å². The summed E-state index contributed by atoms with van der Waals surface area (Å²) in [7, 11) is 0. The number of nitriles is 1. The van der Waals surface area contributed by atoms with Crippen LogP contribution in [0.3, 0.4) is 0 Å². The summed E-state index contributed by atoms with van der Waals surface area (Å²) in [5, 5.41) is 18.9. The van der Waals surface area contributed by atoms with Gasteiger partial charge >= 0.3 is 0 Å². The third-order valence-corrected chi connectivity index (χ3v) is 6.25. The zero-order valence-electron chi connectivity index (χ0n) is 16.7. The molecule has 2 N–H and O–H groups in total. The molecule has 1 aliphatic rings. The Kier molecular flexibility index (Phi) is 5.62. The number of fused-ring (bicyclic) bond motifs is 1. The molecule has 3 aromatic carbocycles. The van der Waals surface area contributed by atoms with E-state index in [-0.39, 0.29) is 17.3 Å². The second-order valence-electron chi connectivity index (χ2n) is 8.04. The van der Waals surface area contributed by atoms with Crippen LogP contribution in [0.4, 0.5) is 4.39 Å². The number of hydrogen-bond donors (Lipinski definition) is 2. The molecular formula is C25H26FN3. The molecule has 0 aromatic heterocycles. The molecule has 148 valence electrons. The highest BCUT2D eigenvalue weighted by atomic mass is 19.1. The molecule has 0 amide bonds. The Hall–Kier alpha value is -2.74. The minimum Gasteiger partial charge on any atom is -0.317 e. The average molecular weight is 388 g/mol. The summed E-state index contributed by atoms with van der Waals surface area (Å²) in [6.45, 7) is 4.88. The van der Waals surface area contributed by atoms with Gasteiger partial charge in [-0.25, -0.2) is 4.39 Å². The Morgan fingerprint density at radius 1 is 1.10 bits per heavy atom. The van der Waals surface area contributed by atoms with Crippen molar-refractivity contribution in [3.63, 3.8) is 0 Å². The number of piperidine rings is 1. The second-order valence-corrected chi connectivity index (χ2v) is 8.04. The first-order valence-electron chi connectivity index (χ1n) is 10.2. The van der Waals surface area contributed by atoms with Gasteiger partial charge in [-0.3, -0.25) is 0 Å². The molecule has 1 fully saturated rings. The van der Waals surface area contributed by atoms with Crippen LogP contribution in [-0.2, 0) is 5.41 Å². The first-order valence-corrected chi connectivity index (χ1v) is 10.2. The highest BCUT2D eigenvalue weighted by Gasteiger charge is 2.34. The van der Waals surface area contributed by atoms with E-state index in [0.29, 0.717) is 5.56 Å². The van der Waals surface area contributed by atoms with Crippen LogP contribution in [0.1, 0.15) is 42.5 Å². The molecule has 1 unspecified atom stereocenters. The molecule has 1 atom stereocenters. The van der Waals surface area contributed by atoms with Crippen LogP contribution in [0.25, 0.3) is 10.8 Å². The summed E-state index contributed by atoms with van der Waals surface area (Å²) in [5.74, 6) is -0.195. The highest BCUT2D eigenvalue weighted by Crippen LogP contribution is 2.34. The molecule has 0 radical (unpaired) electrons. The lowest BCUT2D eigenvalue weighted by atomic mass is 9.73. The van der Waals surface area contributed by atoms with Gasteiger partial charge in [0.1, 0.15) is 5.82 Å². The van der Waals surface area contributed by atoms with Gasteiger partial charge in [0, 0.05) is 18.0 Å². The van der Waals surface area contributed by atoms with E-state index in [1.54, 1.807) is 12.1 Å². The van der Waals surface area contributed by atoms with Crippen molar-refractivity contribution in [1.29, 1.82) is 5.26 Å². The van der Waals surface area contributed by atoms with Gasteiger partial charge in [-0.15, -0.1) is 0 Å². The summed E-state index contributed by atoms with van der Waals surface area (Å²) in [6.07, 6.45) is 2.02. The highest BCUT2D eigenvalue weighted by molar-refractivity contribution is 5.87. The molecule has 0 spiro atoms. The van der Waals surface area contributed by atoms with Gasteiger partial charge in [0.05, 0.1) is 11.6 Å². The maximum Gasteiger partial charge on any atom is 0.123 e. The molecule has 0 bridgehead atoms. The fraction of sp³-hybridized carbons (Fsp3) is 0.320. The average Bonchev–Trinajstić information content (AvgIpc) is 2.77. The molecule has 1 saturated heterocycles. The summed E-state index contributed by atoms with van der Waals surface area (Å²) in [5.41, 5.74) is 3.00. The van der Waals surface area contributed by atoms with Crippen LogP contribution < -0.4 is 10.6 Å². The number of rotatable bonds is 5. The minimum absolute atomic E-state index is 0.0180. The van der Waals surface area contributed by atoms with Gasteiger partial charge in [-0.05, 0) is 79.0 Å². The van der Waals surface area contributed by atoms with Crippen molar-refractivity contribution in [3.8, 4) is 6.07 Å². The molecule has 29 heavy (non-hydrogen) atoms. The lowest BCUT2D eigenvalue weighted by molar-refractivity contribution is 0.284. The van der Waals surface area contributed by atoms with Crippen molar-refractivity contribution in [3.05, 3.63) is 83.2 Å². The van der Waals surface area contributed by atoms with E-state index >= 15 is 0 Å². The quantitative estimate of drug-likeness (QED) is 0.660. The van der Waals surface area contributed by atoms with E-state index in [0.717, 1.165) is 43.4 Å². The number of halogens is 1. The van der Waals surface area contributed by atoms with Gasteiger partial charge in [0.25, 0.3) is 0 Å². The minimum atomic E-state index is -0.195. The van der Waals surface area contributed by atoms with Crippen molar-refractivity contribution in [1.82, 2.24) is 10.6 Å². The van der Waals surface area contributed by atoms with Crippen molar-refractivity contribution >= 4 is 10.8 Å². The van der Waals surface area contributed by atoms with Crippen LogP contribution in [0.15, 0.2) is 60.7 Å². The van der Waals surface area contributed by atoms with Crippen molar-refractivity contribution in [2.24, 2.45) is 0 Å². The largest absolute Gasteiger partial charge is 0.317 e. The van der Waals surface area contributed by atoms with Crippen molar-refractivity contribution in [2.45, 2.75) is 31.2 Å². The third-order valence-electron chi connectivity index (χ3n) is 6.25. The lowest BCUT2D eigenvalue weighted by Gasteiger charge is -2.39. The maximum absolute atomic E-state index is 13.5. The molecule has 1 aliphatic heterocycles. The Bertz CT molecular complexity index is 1030. The van der Waals surface area contributed by atoms with Crippen LogP contribution in [0.5, 0.6) is 0 Å². The molecule has 4 rings (SSSR count). The smallest absolute Gasteiger partial charge is 0.123 e. The van der Waals surface area contributed by atoms with Gasteiger partial charge < -0.3 is 10.6 Å². The Labute approximate surface area is 171 Å². The van der Waals surface area contributed by atoms with Crippen LogP contribution >= 0.6 is 0 Å². The number of hydrogen-bond acceptors (Lipinski definition) is 3. The summed E-state index contributed by atoms with van der Waals surface area (Å²) in [6, 6.07) is 21.5. The second kappa shape index (κ2) is 8.32. The zero-order valence-corrected chi connectivity index (χ0v) is 16.7. The van der Waals surface area contributed by atoms with Crippen LogP contribution in [0.2, 0.25) is 0 Å². The Morgan fingerprint density at radius 3 is 2.55 bits per heavy atom. The standard InChI is InChI=1S/C25H26FN3/c1-18(24-15-19(16-27)14-20-4-2-3-5-23(20)24)29-17-25(10-12-28-13-11-25)21-6-8-22(26)9-7-21/h2-9,14-15,18,28-29H,10-13,17H2,1H3. The van der Waals surface area contributed by atoms with Gasteiger partial charge in [0.2, 0.25) is 0 Å². The summed E-state index contributed by atoms with van der Waals surface area (Å²) < 4.78 is 13.5. The molecule has 0 saturated carbocycles. The first-order chi connectivity index (χ1) is 14.1. The fourth-order valence-corrected chi connectivity index (χ4v) is 4.50. The summed E-state index contributed by atoms with van der Waals surface area (Å²) >= 11 is 0. The Morgan fingerprint density at radius 2 is 1.83 bits per heavy atom. The van der Waals surface area contributed by atoms with E-state index in [4.69, 9.17) is 0 Å². The van der Waals surface area contributed by atoms with E-state index in [9.17, 15) is 9.65 Å². The van der Waals surface area contributed by atoms with Gasteiger partial charge in [0.15, 0.2) is 0 Å². The first kappa shape index (κ1) is 19.6. The molecule has 0 aliphatic carbocycles. The monoisotopic (exact) mass is 387 g/mol. The Balaban J connectivity index is 1.62. The fourth-order valence-electron chi connectivity index (χ4n) is 4.50. The predicted octanol–water partition coefficient (Wildman–Crippen LogP) is 4.82. The third kappa shape index (κ3) is 4.03. The molecule has 1 heterocycles. The van der Waals surface area contributed by atoms with Gasteiger partial charge in [-0.1, -0.05) is 36.4 Å². The molecule has 3 nitrogen and oxygen atoms in total. The zero-order chi connectivity index (χ0) is 20.3. The molecule has 3 aromatic rings. The van der Waals surface area contributed by atoms with Crippen LogP contribution in [0, 0.1) is 17.1 Å². The SMILES string of the molecule is CC(NCC1(c2ccc(F)cc2)CCNCC1)c1cc(C#N)cc2ccccc12. The van der Waals surface area contributed by atoms with E-state index < -0.39 is 0 Å². The van der Waals surface area contributed by atoms with E-state index in [2.05, 4.69) is 35.8 Å².